The summed E-state index contributed by atoms with van der Waals surface area (Å²) in [7, 11) is 0. The van der Waals surface area contributed by atoms with Crippen molar-refractivity contribution >= 4 is 22.7 Å². The summed E-state index contributed by atoms with van der Waals surface area (Å²) in [6.07, 6.45) is 0. The molecule has 0 saturated heterocycles. The van der Waals surface area contributed by atoms with Gasteiger partial charge in [0.25, 0.3) is 0 Å². The summed E-state index contributed by atoms with van der Waals surface area (Å²) in [5, 5.41) is 16.1. The molecule has 0 amide bonds. The van der Waals surface area contributed by atoms with Gasteiger partial charge in [-0.15, -0.1) is 0 Å². The van der Waals surface area contributed by atoms with Gasteiger partial charge in [-0.1, -0.05) is 0 Å². The summed E-state index contributed by atoms with van der Waals surface area (Å²) in [4.78, 5) is 0. The normalized spacial score (nSPS) is 9.69. The van der Waals surface area contributed by atoms with Crippen molar-refractivity contribution < 1.29 is 0 Å². The van der Waals surface area contributed by atoms with Crippen LogP contribution in [-0.4, -0.2) is 0 Å². The van der Waals surface area contributed by atoms with Gasteiger partial charge in [0.05, 0.1) is 23.0 Å². The van der Waals surface area contributed by atoms with E-state index < -0.39 is 0 Å². The van der Waals surface area contributed by atoms with Gasteiger partial charge in [0, 0.05) is 6.54 Å². The minimum atomic E-state index is 0.613. The van der Waals surface area contributed by atoms with Crippen molar-refractivity contribution in [3.63, 3.8) is 0 Å². The van der Waals surface area contributed by atoms with Crippen LogP contribution in [0.3, 0.4) is 0 Å². The highest BCUT2D eigenvalue weighted by atomic mass is 32.1. The molecule has 3 N–H and O–H groups in total. The first-order valence-corrected chi connectivity index (χ1v) is 5.78. The molecule has 0 bridgehead atoms. The van der Waals surface area contributed by atoms with Crippen molar-refractivity contribution in [2.75, 3.05) is 11.1 Å². The molecule has 0 radical (unpaired) electrons. The third-order valence-electron chi connectivity index (χ3n) is 2.25. The predicted octanol–water partition coefficient (Wildman–Crippen LogP) is 2.81. The van der Waals surface area contributed by atoms with Crippen molar-refractivity contribution in [2.45, 2.75) is 6.54 Å². The molecule has 0 fully saturated rings. The fraction of sp³-hybridized carbons (Fsp3) is 0.0833. The van der Waals surface area contributed by atoms with Crippen molar-refractivity contribution in [1.82, 2.24) is 0 Å². The maximum atomic E-state index is 8.79. The topological polar surface area (TPSA) is 61.8 Å². The average Bonchev–Trinajstić information content (AvgIpc) is 2.81. The Morgan fingerprint density at radius 1 is 1.38 bits per heavy atom. The Kier molecular flexibility index (Phi) is 3.08. The van der Waals surface area contributed by atoms with Gasteiger partial charge in [0.1, 0.15) is 0 Å². The van der Waals surface area contributed by atoms with Crippen molar-refractivity contribution in [1.29, 1.82) is 5.26 Å². The molecule has 0 aliphatic heterocycles. The lowest BCUT2D eigenvalue weighted by Gasteiger charge is -2.08. The Bertz CT molecular complexity index is 512. The van der Waals surface area contributed by atoms with Crippen molar-refractivity contribution in [3.05, 3.63) is 46.2 Å². The van der Waals surface area contributed by atoms with Gasteiger partial charge >= 0.3 is 0 Å². The lowest BCUT2D eigenvalue weighted by molar-refractivity contribution is 1.16. The van der Waals surface area contributed by atoms with Crippen LogP contribution in [-0.2, 0) is 6.54 Å². The van der Waals surface area contributed by atoms with E-state index in [-0.39, 0.29) is 0 Å². The second-order valence-corrected chi connectivity index (χ2v) is 4.18. The summed E-state index contributed by atoms with van der Waals surface area (Å²) in [5.41, 5.74) is 9.11. The van der Waals surface area contributed by atoms with E-state index in [0.717, 1.165) is 12.2 Å². The van der Waals surface area contributed by atoms with Gasteiger partial charge in [-0.25, -0.2) is 0 Å². The number of nitriles is 1. The Labute approximate surface area is 98.1 Å². The number of nitrogens with zero attached hydrogens (tertiary/aromatic N) is 1. The molecule has 0 unspecified atom stereocenters. The molecule has 2 rings (SSSR count). The Morgan fingerprint density at radius 2 is 2.25 bits per heavy atom. The number of rotatable bonds is 3. The molecular formula is C12H11N3S. The molecule has 1 heterocycles. The molecule has 80 valence electrons. The predicted molar refractivity (Wildman–Crippen MR) is 67.2 cm³/mol. The van der Waals surface area contributed by atoms with E-state index in [4.69, 9.17) is 11.0 Å². The van der Waals surface area contributed by atoms with E-state index in [2.05, 4.69) is 22.8 Å². The maximum absolute atomic E-state index is 8.79. The zero-order chi connectivity index (χ0) is 11.4. The molecule has 0 atom stereocenters. The highest BCUT2D eigenvalue weighted by Gasteiger charge is 2.00. The highest BCUT2D eigenvalue weighted by Crippen LogP contribution is 2.20. The molecule has 1 aromatic carbocycles. The van der Waals surface area contributed by atoms with Gasteiger partial charge in [0.2, 0.25) is 0 Å². The van der Waals surface area contributed by atoms with E-state index in [1.807, 2.05) is 5.38 Å². The fourth-order valence-corrected chi connectivity index (χ4v) is 2.04. The zero-order valence-corrected chi connectivity index (χ0v) is 9.42. The Balaban J connectivity index is 2.12. The van der Waals surface area contributed by atoms with Gasteiger partial charge < -0.3 is 11.1 Å². The maximum Gasteiger partial charge on any atom is 0.0992 e. The zero-order valence-electron chi connectivity index (χ0n) is 8.60. The molecule has 16 heavy (non-hydrogen) atoms. The van der Waals surface area contributed by atoms with E-state index >= 15 is 0 Å². The Hall–Kier alpha value is -1.99. The molecule has 1 aromatic heterocycles. The monoisotopic (exact) mass is 229 g/mol. The third kappa shape index (κ3) is 2.33. The largest absolute Gasteiger partial charge is 0.397 e. The Morgan fingerprint density at radius 3 is 2.94 bits per heavy atom. The second kappa shape index (κ2) is 4.69. The van der Waals surface area contributed by atoms with Gasteiger partial charge in [-0.3, -0.25) is 0 Å². The summed E-state index contributed by atoms with van der Waals surface area (Å²) >= 11 is 1.66. The number of nitrogens with one attached hydrogen (secondary N) is 1. The van der Waals surface area contributed by atoms with Crippen molar-refractivity contribution in [2.24, 2.45) is 0 Å². The van der Waals surface area contributed by atoms with Crippen LogP contribution < -0.4 is 11.1 Å². The molecule has 0 spiro atoms. The standard InChI is InChI=1S/C12H11N3S/c13-6-9-1-2-11(14)12(5-9)15-7-10-3-4-16-8-10/h1-5,8,15H,7,14H2. The van der Waals surface area contributed by atoms with Gasteiger partial charge in [-0.2, -0.15) is 16.6 Å². The van der Waals surface area contributed by atoms with Crippen molar-refractivity contribution in [3.8, 4) is 6.07 Å². The first-order valence-electron chi connectivity index (χ1n) is 4.84. The SMILES string of the molecule is N#Cc1ccc(N)c(NCc2ccsc2)c1. The smallest absolute Gasteiger partial charge is 0.0992 e. The minimum absolute atomic E-state index is 0.613. The number of nitrogens with two attached hydrogens (primary N) is 1. The average molecular weight is 229 g/mol. The van der Waals surface area contributed by atoms with E-state index in [9.17, 15) is 0 Å². The summed E-state index contributed by atoms with van der Waals surface area (Å²) in [6.45, 7) is 0.725. The van der Waals surface area contributed by atoms with Crippen LogP contribution in [0.2, 0.25) is 0 Å². The number of hydrogen-bond donors (Lipinski definition) is 2. The molecule has 2 aromatic rings. The van der Waals surface area contributed by atoms with Crippen LogP contribution in [0.5, 0.6) is 0 Å². The summed E-state index contributed by atoms with van der Waals surface area (Å²) < 4.78 is 0. The lowest BCUT2D eigenvalue weighted by atomic mass is 10.2. The molecular weight excluding hydrogens is 218 g/mol. The first kappa shape index (κ1) is 10.5. The first-order chi connectivity index (χ1) is 7.79. The van der Waals surface area contributed by atoms with E-state index in [1.165, 1.54) is 5.56 Å². The number of nitrogen functional groups attached to an aromatic ring is 1. The summed E-state index contributed by atoms with van der Waals surface area (Å²) in [5.74, 6) is 0. The van der Waals surface area contributed by atoms with Crippen LogP contribution in [0.1, 0.15) is 11.1 Å². The van der Waals surface area contributed by atoms with Crippen LogP contribution >= 0.6 is 11.3 Å². The molecule has 0 aliphatic carbocycles. The molecule has 4 heteroatoms. The molecule has 0 saturated carbocycles. The third-order valence-corrected chi connectivity index (χ3v) is 2.98. The highest BCUT2D eigenvalue weighted by molar-refractivity contribution is 7.07. The number of benzene rings is 1. The van der Waals surface area contributed by atoms with E-state index in [1.54, 1.807) is 29.5 Å². The fourth-order valence-electron chi connectivity index (χ4n) is 1.37. The van der Waals surface area contributed by atoms with Gasteiger partial charge in [0.15, 0.2) is 0 Å². The summed E-state index contributed by atoms with van der Waals surface area (Å²) in [6, 6.07) is 9.38. The second-order valence-electron chi connectivity index (χ2n) is 3.40. The lowest BCUT2D eigenvalue weighted by Crippen LogP contribution is -2.01. The van der Waals surface area contributed by atoms with Crippen LogP contribution in [0.15, 0.2) is 35.0 Å². The van der Waals surface area contributed by atoms with Crippen LogP contribution in [0.4, 0.5) is 11.4 Å². The number of hydrogen-bond acceptors (Lipinski definition) is 4. The minimum Gasteiger partial charge on any atom is -0.397 e. The number of thiophene rings is 1. The van der Waals surface area contributed by atoms with Crippen LogP contribution in [0.25, 0.3) is 0 Å². The van der Waals surface area contributed by atoms with Gasteiger partial charge in [-0.05, 0) is 40.6 Å². The van der Waals surface area contributed by atoms with Crippen LogP contribution in [0, 0.1) is 11.3 Å². The molecule has 3 nitrogen and oxygen atoms in total. The van der Waals surface area contributed by atoms with E-state index in [0.29, 0.717) is 11.3 Å². The quantitative estimate of drug-likeness (QED) is 0.795. The number of anilines is 2. The molecule has 0 aliphatic rings.